The molecule has 4 nitrogen and oxygen atoms in total. The fourth-order valence-electron chi connectivity index (χ4n) is 2.23. The van der Waals surface area contributed by atoms with Crippen molar-refractivity contribution in [3.05, 3.63) is 0 Å². The van der Waals surface area contributed by atoms with Gasteiger partial charge in [0, 0.05) is 0 Å². The van der Waals surface area contributed by atoms with Gasteiger partial charge >= 0.3 is 56.7 Å². The van der Waals surface area contributed by atoms with Crippen LogP contribution in [0.4, 0.5) is 0 Å². The van der Waals surface area contributed by atoms with Crippen molar-refractivity contribution in [2.45, 2.75) is 79.1 Å². The average Bonchev–Trinajstić information content (AvgIpc) is 2.47. The monoisotopic (exact) mass is 462 g/mol. The molecule has 0 spiro atoms. The predicted octanol–water partition coefficient (Wildman–Crippen LogP) is 4.64. The molecule has 0 aliphatic rings. The van der Waals surface area contributed by atoms with Crippen LogP contribution in [0.5, 0.6) is 0 Å². The molecule has 0 fully saturated rings. The van der Waals surface area contributed by atoms with Crippen molar-refractivity contribution in [2.75, 3.05) is 13.2 Å². The normalized spacial score (nSPS) is 16.6. The van der Waals surface area contributed by atoms with Crippen molar-refractivity contribution in [2.24, 2.45) is 11.8 Å². The fraction of sp³-hybridized carbons (Fsp3) is 1.00. The van der Waals surface area contributed by atoms with Gasteiger partial charge < -0.3 is 4.89 Å². The van der Waals surface area contributed by atoms with Crippen LogP contribution in [-0.4, -0.2) is 67.0 Å². The molecule has 1 N–H and O–H groups in total. The summed E-state index contributed by atoms with van der Waals surface area (Å²) in [5, 5.41) is 0. The number of hydrogen-bond donors (Lipinski definition) is 1. The first-order valence-corrected chi connectivity index (χ1v) is 10.1. The standard InChI is InChI=1S/C16H35O4P.Ba.2H/c1-5-9-11-15(7-3)13-19-21(17,18)20-14-16(8-4)12-10-6-2;;;/h15-16H,5-14H2,1-4H3,(H,17,18);;;. The molecule has 0 radical (unpaired) electrons. The van der Waals surface area contributed by atoms with Gasteiger partial charge in [-0.05, 0) is 24.7 Å². The zero-order chi connectivity index (χ0) is 16.1. The van der Waals surface area contributed by atoms with Gasteiger partial charge in [0.2, 0.25) is 0 Å². The Labute approximate surface area is 177 Å². The van der Waals surface area contributed by atoms with Gasteiger partial charge in [-0.1, -0.05) is 66.2 Å². The Kier molecular flexibility index (Phi) is 19.0. The van der Waals surface area contributed by atoms with Gasteiger partial charge in [-0.15, -0.1) is 0 Å². The summed E-state index contributed by atoms with van der Waals surface area (Å²) in [4.78, 5) is 9.77. The summed E-state index contributed by atoms with van der Waals surface area (Å²) < 4.78 is 22.2. The first-order valence-electron chi connectivity index (χ1n) is 8.60. The van der Waals surface area contributed by atoms with Crippen LogP contribution in [0.1, 0.15) is 79.1 Å². The second kappa shape index (κ2) is 16.2. The SMILES string of the molecule is CCCCC(CC)COP(=O)(O)OCC(CC)CCCC.[BaH2]. The summed E-state index contributed by atoms with van der Waals surface area (Å²) in [5.74, 6) is 0.687. The number of hydrogen-bond acceptors (Lipinski definition) is 3. The van der Waals surface area contributed by atoms with E-state index in [2.05, 4.69) is 27.7 Å². The van der Waals surface area contributed by atoms with Crippen LogP contribution in [0.3, 0.4) is 0 Å². The Morgan fingerprint density at radius 3 is 1.50 bits per heavy atom. The summed E-state index contributed by atoms with van der Waals surface area (Å²) in [7, 11) is -3.89. The molecule has 2 unspecified atom stereocenters. The Hall–Kier alpha value is 1.68. The van der Waals surface area contributed by atoms with Gasteiger partial charge in [-0.25, -0.2) is 4.57 Å². The molecule has 0 saturated heterocycles. The van der Waals surface area contributed by atoms with Crippen LogP contribution in [-0.2, 0) is 13.6 Å². The van der Waals surface area contributed by atoms with E-state index in [4.69, 9.17) is 9.05 Å². The van der Waals surface area contributed by atoms with Crippen LogP contribution in [0.15, 0.2) is 0 Å². The molecule has 0 aromatic heterocycles. The fourth-order valence-corrected chi connectivity index (χ4v) is 3.11. The zero-order valence-electron chi connectivity index (χ0n) is 14.3. The second-order valence-electron chi connectivity index (χ2n) is 5.89. The molecule has 0 saturated carbocycles. The van der Waals surface area contributed by atoms with E-state index in [1.165, 1.54) is 0 Å². The maximum absolute atomic E-state index is 11.9. The number of rotatable bonds is 14. The minimum absolute atomic E-state index is 0. The molecule has 0 heterocycles. The average molecular weight is 462 g/mol. The molecule has 0 aromatic rings. The van der Waals surface area contributed by atoms with E-state index in [0.29, 0.717) is 25.0 Å². The first-order chi connectivity index (χ1) is 9.99. The van der Waals surface area contributed by atoms with Gasteiger partial charge in [-0.2, -0.15) is 0 Å². The van der Waals surface area contributed by atoms with E-state index in [0.717, 1.165) is 51.4 Å². The van der Waals surface area contributed by atoms with Crippen LogP contribution in [0.2, 0.25) is 0 Å². The number of phosphoric acid groups is 1. The molecule has 0 rings (SSSR count). The van der Waals surface area contributed by atoms with Crippen molar-refractivity contribution in [1.29, 1.82) is 0 Å². The van der Waals surface area contributed by atoms with Crippen molar-refractivity contribution in [3.8, 4) is 0 Å². The van der Waals surface area contributed by atoms with Crippen molar-refractivity contribution < 1.29 is 18.5 Å². The van der Waals surface area contributed by atoms with Gasteiger partial charge in [0.15, 0.2) is 0 Å². The molecule has 2 atom stereocenters. The summed E-state index contributed by atoms with van der Waals surface area (Å²) in [6.07, 6.45) is 8.56. The molecule has 0 aliphatic carbocycles. The van der Waals surface area contributed by atoms with Gasteiger partial charge in [0.05, 0.1) is 13.2 Å². The molecule has 6 heteroatoms. The van der Waals surface area contributed by atoms with Crippen LogP contribution in [0.25, 0.3) is 0 Å². The molecule has 0 aromatic carbocycles. The Morgan fingerprint density at radius 2 is 1.23 bits per heavy atom. The summed E-state index contributed by atoms with van der Waals surface area (Å²) in [6.45, 7) is 9.10. The molecule has 0 amide bonds. The maximum atomic E-state index is 11.9. The van der Waals surface area contributed by atoms with Crippen LogP contribution in [0, 0.1) is 11.8 Å². The van der Waals surface area contributed by atoms with E-state index in [1.54, 1.807) is 0 Å². The third-order valence-electron chi connectivity index (χ3n) is 4.03. The topological polar surface area (TPSA) is 55.8 Å². The summed E-state index contributed by atoms with van der Waals surface area (Å²) in [5.41, 5.74) is 0. The van der Waals surface area contributed by atoms with Crippen molar-refractivity contribution >= 4 is 56.7 Å². The molecule has 22 heavy (non-hydrogen) atoms. The van der Waals surface area contributed by atoms with Gasteiger partial charge in [0.25, 0.3) is 0 Å². The van der Waals surface area contributed by atoms with Crippen molar-refractivity contribution in [3.63, 3.8) is 0 Å². The van der Waals surface area contributed by atoms with Gasteiger partial charge in [-0.3, -0.25) is 9.05 Å². The second-order valence-corrected chi connectivity index (χ2v) is 7.35. The summed E-state index contributed by atoms with van der Waals surface area (Å²) in [6, 6.07) is 0. The number of unbranched alkanes of at least 4 members (excludes halogenated alkanes) is 2. The van der Waals surface area contributed by atoms with E-state index in [-0.39, 0.29) is 48.9 Å². The number of phosphoric ester groups is 1. The van der Waals surface area contributed by atoms with E-state index < -0.39 is 7.82 Å². The molecular formula is C16H37BaO4P. The zero-order valence-corrected chi connectivity index (χ0v) is 15.2. The quantitative estimate of drug-likeness (QED) is 0.302. The van der Waals surface area contributed by atoms with E-state index >= 15 is 0 Å². The van der Waals surface area contributed by atoms with Gasteiger partial charge in [0.1, 0.15) is 0 Å². The molecule has 0 aliphatic heterocycles. The molecule has 132 valence electrons. The minimum atomic E-state index is -3.89. The Bertz CT molecular complexity index is 265. The third kappa shape index (κ3) is 14.1. The third-order valence-corrected chi connectivity index (χ3v) is 4.98. The van der Waals surface area contributed by atoms with Crippen molar-refractivity contribution in [1.82, 2.24) is 0 Å². The van der Waals surface area contributed by atoms with E-state index in [1.807, 2.05) is 0 Å². The van der Waals surface area contributed by atoms with Crippen LogP contribution >= 0.6 is 7.82 Å². The predicted molar refractivity (Wildman–Crippen MR) is 96.9 cm³/mol. The molecule has 0 bridgehead atoms. The first kappa shape index (κ1) is 25.9. The summed E-state index contributed by atoms with van der Waals surface area (Å²) >= 11 is 0. The van der Waals surface area contributed by atoms with Crippen LogP contribution < -0.4 is 0 Å². The van der Waals surface area contributed by atoms with E-state index in [9.17, 15) is 9.46 Å². The Balaban J connectivity index is 0. The Morgan fingerprint density at radius 1 is 0.864 bits per heavy atom. The molecular weight excluding hydrogens is 424 g/mol.